The number of hydrogen-bond acceptors (Lipinski definition) is 3. The molecule has 1 rings (SSSR count). The maximum Gasteiger partial charge on any atom is 0.336 e. The fraction of sp³-hybridized carbons (Fsp3) is 0.556. The zero-order chi connectivity index (χ0) is 16.6. The van der Waals surface area contributed by atoms with Crippen molar-refractivity contribution in [1.29, 1.82) is 0 Å². The van der Waals surface area contributed by atoms with Crippen LogP contribution in [0.4, 0.5) is 0 Å². The van der Waals surface area contributed by atoms with E-state index in [0.29, 0.717) is 18.0 Å². The molecular formula is C18H27NO3. The molecule has 0 aliphatic carbocycles. The van der Waals surface area contributed by atoms with E-state index in [9.17, 15) is 9.90 Å². The van der Waals surface area contributed by atoms with Crippen LogP contribution in [0, 0.1) is 5.92 Å². The Morgan fingerprint density at radius 3 is 2.68 bits per heavy atom. The van der Waals surface area contributed by atoms with Crippen LogP contribution in [0.3, 0.4) is 0 Å². The van der Waals surface area contributed by atoms with E-state index in [1.165, 1.54) is 0 Å². The molecule has 0 aromatic heterocycles. The van der Waals surface area contributed by atoms with E-state index in [1.807, 2.05) is 26.1 Å². The number of carbonyl (C=O) groups is 1. The lowest BCUT2D eigenvalue weighted by Gasteiger charge is -2.17. The lowest BCUT2D eigenvalue weighted by molar-refractivity contribution is 0.0668. The number of aliphatic hydroxyl groups is 1. The van der Waals surface area contributed by atoms with Crippen molar-refractivity contribution >= 4 is 12.2 Å². The quantitative estimate of drug-likeness (QED) is 0.679. The average Bonchev–Trinajstić information content (AvgIpc) is 2.42. The van der Waals surface area contributed by atoms with Gasteiger partial charge in [0, 0.05) is 0 Å². The standard InChI is InChI=1S/C18H27NO3/c1-14(7-6-11-18(2,3)22)10-12-19-13-15-8-4-5-9-16(15)17(20)21/h4-5,8-9,12,14,22H,6-7,10-11,13H2,1-3H3,(H,20,21). The van der Waals surface area contributed by atoms with Crippen molar-refractivity contribution in [2.45, 2.75) is 58.6 Å². The molecule has 0 aliphatic heterocycles. The van der Waals surface area contributed by atoms with E-state index in [-0.39, 0.29) is 0 Å². The van der Waals surface area contributed by atoms with Gasteiger partial charge < -0.3 is 10.2 Å². The Morgan fingerprint density at radius 2 is 2.05 bits per heavy atom. The van der Waals surface area contributed by atoms with Crippen LogP contribution in [0.15, 0.2) is 29.3 Å². The van der Waals surface area contributed by atoms with Gasteiger partial charge in [-0.15, -0.1) is 0 Å². The molecule has 0 saturated carbocycles. The molecule has 0 heterocycles. The Morgan fingerprint density at radius 1 is 1.36 bits per heavy atom. The van der Waals surface area contributed by atoms with E-state index in [2.05, 4.69) is 11.9 Å². The molecule has 0 bridgehead atoms. The fourth-order valence-corrected chi connectivity index (χ4v) is 2.29. The number of carboxylic acids is 1. The van der Waals surface area contributed by atoms with Gasteiger partial charge in [0.05, 0.1) is 17.7 Å². The van der Waals surface area contributed by atoms with Crippen molar-refractivity contribution in [3.63, 3.8) is 0 Å². The summed E-state index contributed by atoms with van der Waals surface area (Å²) < 4.78 is 0. The number of benzene rings is 1. The monoisotopic (exact) mass is 305 g/mol. The van der Waals surface area contributed by atoms with Crippen LogP contribution in [-0.4, -0.2) is 28.0 Å². The molecule has 4 nitrogen and oxygen atoms in total. The number of nitrogens with zero attached hydrogens (tertiary/aromatic N) is 1. The summed E-state index contributed by atoms with van der Waals surface area (Å²) in [6.45, 7) is 6.23. The maximum atomic E-state index is 11.1. The number of aromatic carboxylic acids is 1. The van der Waals surface area contributed by atoms with Crippen molar-refractivity contribution in [2.24, 2.45) is 10.9 Å². The van der Waals surface area contributed by atoms with Gasteiger partial charge in [-0.3, -0.25) is 4.99 Å². The van der Waals surface area contributed by atoms with Gasteiger partial charge in [0.15, 0.2) is 0 Å². The lowest BCUT2D eigenvalue weighted by atomic mass is 9.95. The summed E-state index contributed by atoms with van der Waals surface area (Å²) in [6.07, 6.45) is 5.62. The fourth-order valence-electron chi connectivity index (χ4n) is 2.29. The van der Waals surface area contributed by atoms with Gasteiger partial charge in [0.1, 0.15) is 0 Å². The van der Waals surface area contributed by atoms with Crippen LogP contribution in [0.2, 0.25) is 0 Å². The molecule has 0 aliphatic rings. The highest BCUT2D eigenvalue weighted by Gasteiger charge is 2.12. The van der Waals surface area contributed by atoms with Gasteiger partial charge in [-0.05, 0) is 50.5 Å². The van der Waals surface area contributed by atoms with Gasteiger partial charge in [0.2, 0.25) is 0 Å². The van der Waals surface area contributed by atoms with Crippen molar-refractivity contribution < 1.29 is 15.0 Å². The van der Waals surface area contributed by atoms with Crippen LogP contribution in [0.25, 0.3) is 0 Å². The Kier molecular flexibility index (Phi) is 7.25. The normalized spacial score (nSPS) is 13.5. The minimum Gasteiger partial charge on any atom is -0.478 e. The number of rotatable bonds is 9. The molecule has 0 saturated heterocycles. The molecule has 0 spiro atoms. The topological polar surface area (TPSA) is 69.9 Å². The summed E-state index contributed by atoms with van der Waals surface area (Å²) in [4.78, 5) is 15.4. The summed E-state index contributed by atoms with van der Waals surface area (Å²) in [5, 5.41) is 18.8. The predicted octanol–water partition coefficient (Wildman–Crippen LogP) is 3.92. The Labute approximate surface area is 132 Å². The highest BCUT2D eigenvalue weighted by molar-refractivity contribution is 5.89. The average molecular weight is 305 g/mol. The molecule has 22 heavy (non-hydrogen) atoms. The van der Waals surface area contributed by atoms with Gasteiger partial charge in [-0.2, -0.15) is 0 Å². The summed E-state index contributed by atoms with van der Waals surface area (Å²) in [7, 11) is 0. The highest BCUT2D eigenvalue weighted by atomic mass is 16.4. The molecule has 1 aromatic rings. The number of carboxylic acid groups (broad SMARTS) is 1. The first-order valence-electron chi connectivity index (χ1n) is 7.81. The number of aliphatic imine (C=N–C) groups is 1. The summed E-state index contributed by atoms with van der Waals surface area (Å²) in [5.41, 5.74) is 0.466. The van der Waals surface area contributed by atoms with Crippen LogP contribution in [-0.2, 0) is 6.54 Å². The molecular weight excluding hydrogens is 278 g/mol. The van der Waals surface area contributed by atoms with Gasteiger partial charge >= 0.3 is 5.97 Å². The first-order valence-corrected chi connectivity index (χ1v) is 7.81. The Hall–Kier alpha value is -1.68. The van der Waals surface area contributed by atoms with Crippen LogP contribution >= 0.6 is 0 Å². The number of hydrogen-bond donors (Lipinski definition) is 2. The second-order valence-corrected chi connectivity index (χ2v) is 6.53. The third kappa shape index (κ3) is 7.36. The molecule has 122 valence electrons. The molecule has 0 amide bonds. The third-order valence-corrected chi connectivity index (χ3v) is 3.63. The molecule has 4 heteroatoms. The summed E-state index contributed by atoms with van der Waals surface area (Å²) in [5.74, 6) is -0.397. The zero-order valence-corrected chi connectivity index (χ0v) is 13.7. The SMILES string of the molecule is CC(CC=NCc1ccccc1C(=O)O)CCCC(C)(C)O. The largest absolute Gasteiger partial charge is 0.478 e. The first-order chi connectivity index (χ1) is 10.3. The van der Waals surface area contributed by atoms with Crippen molar-refractivity contribution in [3.05, 3.63) is 35.4 Å². The van der Waals surface area contributed by atoms with Crippen LogP contribution in [0.1, 0.15) is 62.4 Å². The Bertz CT molecular complexity index is 503. The molecule has 1 unspecified atom stereocenters. The summed E-state index contributed by atoms with van der Waals surface area (Å²) in [6, 6.07) is 6.96. The van der Waals surface area contributed by atoms with Crippen LogP contribution < -0.4 is 0 Å². The smallest absolute Gasteiger partial charge is 0.336 e. The highest BCUT2D eigenvalue weighted by Crippen LogP contribution is 2.17. The van der Waals surface area contributed by atoms with Gasteiger partial charge in [-0.1, -0.05) is 38.0 Å². The second kappa shape index (κ2) is 8.69. The molecule has 0 radical (unpaired) electrons. The Balaban J connectivity index is 2.36. The minimum atomic E-state index is -0.911. The van der Waals surface area contributed by atoms with E-state index in [1.54, 1.807) is 18.2 Å². The maximum absolute atomic E-state index is 11.1. The van der Waals surface area contributed by atoms with Crippen molar-refractivity contribution in [2.75, 3.05) is 0 Å². The van der Waals surface area contributed by atoms with E-state index in [4.69, 9.17) is 5.11 Å². The van der Waals surface area contributed by atoms with E-state index >= 15 is 0 Å². The zero-order valence-electron chi connectivity index (χ0n) is 13.7. The van der Waals surface area contributed by atoms with Gasteiger partial charge in [-0.25, -0.2) is 4.79 Å². The van der Waals surface area contributed by atoms with Crippen molar-refractivity contribution in [3.8, 4) is 0 Å². The molecule has 1 atom stereocenters. The van der Waals surface area contributed by atoms with E-state index in [0.717, 1.165) is 31.2 Å². The van der Waals surface area contributed by atoms with Crippen LogP contribution in [0.5, 0.6) is 0 Å². The second-order valence-electron chi connectivity index (χ2n) is 6.53. The summed E-state index contributed by atoms with van der Waals surface area (Å²) >= 11 is 0. The first kappa shape index (κ1) is 18.4. The molecule has 0 fully saturated rings. The molecule has 1 aromatic carbocycles. The van der Waals surface area contributed by atoms with E-state index < -0.39 is 11.6 Å². The predicted molar refractivity (Wildman–Crippen MR) is 89.5 cm³/mol. The minimum absolute atomic E-state index is 0.317. The van der Waals surface area contributed by atoms with Gasteiger partial charge in [0.25, 0.3) is 0 Å². The molecule has 2 N–H and O–H groups in total. The third-order valence-electron chi connectivity index (χ3n) is 3.63. The lowest BCUT2D eigenvalue weighted by Crippen LogP contribution is -2.18. The van der Waals surface area contributed by atoms with Crippen molar-refractivity contribution in [1.82, 2.24) is 0 Å².